The van der Waals surface area contributed by atoms with Crippen molar-refractivity contribution in [3.05, 3.63) is 53.6 Å². The van der Waals surface area contributed by atoms with E-state index in [-0.39, 0.29) is 16.2 Å². The van der Waals surface area contributed by atoms with Crippen LogP contribution >= 0.6 is 0 Å². The smallest absolute Gasteiger partial charge is 0.113 e. The first-order chi connectivity index (χ1) is 14.5. The van der Waals surface area contributed by atoms with E-state index >= 15 is 0 Å². The molecule has 4 nitrogen and oxygen atoms in total. The van der Waals surface area contributed by atoms with Crippen LogP contribution in [0.4, 0.5) is 0 Å². The van der Waals surface area contributed by atoms with Crippen LogP contribution in [-0.2, 0) is 10.8 Å². The van der Waals surface area contributed by atoms with Crippen LogP contribution in [0.5, 0.6) is 0 Å². The molecule has 1 heterocycles. The predicted octanol–water partition coefficient (Wildman–Crippen LogP) is 6.82. The minimum Gasteiger partial charge on any atom is -0.392 e. The second-order valence-electron chi connectivity index (χ2n) is 12.9. The van der Waals surface area contributed by atoms with E-state index in [4.69, 9.17) is 10.2 Å². The maximum atomic E-state index is 11.3. The number of aliphatic hydroxyl groups excluding tert-OH is 1. The lowest BCUT2D eigenvalue weighted by Crippen LogP contribution is -2.43. The van der Waals surface area contributed by atoms with Crippen LogP contribution in [0, 0.1) is 10.8 Å². The lowest BCUT2D eigenvalue weighted by Gasteiger charge is -2.40. The molecular weight excluding hydrogens is 394 g/mol. The van der Waals surface area contributed by atoms with Crippen molar-refractivity contribution < 1.29 is 5.11 Å². The Morgan fingerprint density at radius 3 is 1.75 bits per heavy atom. The number of nitrogens with zero attached hydrogens (tertiary/aromatic N) is 3. The van der Waals surface area contributed by atoms with Crippen LogP contribution in [0.25, 0.3) is 16.7 Å². The van der Waals surface area contributed by atoms with Crippen LogP contribution in [-0.4, -0.2) is 26.2 Å². The third kappa shape index (κ3) is 5.06. The fourth-order valence-corrected chi connectivity index (χ4v) is 5.13. The molecule has 1 N–H and O–H groups in total. The summed E-state index contributed by atoms with van der Waals surface area (Å²) in [6.07, 6.45) is 0.535. The quantitative estimate of drug-likeness (QED) is 0.478. The number of hydrogen-bond donors (Lipinski definition) is 1. The van der Waals surface area contributed by atoms with Gasteiger partial charge in [-0.05, 0) is 58.1 Å². The van der Waals surface area contributed by atoms with E-state index in [1.165, 1.54) is 5.56 Å². The van der Waals surface area contributed by atoms with Crippen molar-refractivity contribution in [3.8, 4) is 5.69 Å². The zero-order chi connectivity index (χ0) is 24.1. The highest BCUT2D eigenvalue weighted by molar-refractivity contribution is 5.73. The fraction of sp³-hybridized carbons (Fsp3) is 0.571. The maximum absolute atomic E-state index is 11.3. The average molecular weight is 436 g/mol. The Hall–Kier alpha value is -2.20. The summed E-state index contributed by atoms with van der Waals surface area (Å²) < 4.78 is 0. The van der Waals surface area contributed by atoms with Crippen LogP contribution in [0.1, 0.15) is 86.8 Å². The van der Waals surface area contributed by atoms with E-state index in [9.17, 15) is 5.11 Å². The van der Waals surface area contributed by atoms with Crippen molar-refractivity contribution in [1.82, 2.24) is 15.0 Å². The van der Waals surface area contributed by atoms with E-state index in [1.54, 1.807) is 4.80 Å². The summed E-state index contributed by atoms with van der Waals surface area (Å²) in [5.41, 5.74) is 4.52. The number of hydrogen-bond acceptors (Lipinski definition) is 3. The summed E-state index contributed by atoms with van der Waals surface area (Å²) in [4.78, 5) is 1.74. The minimum absolute atomic E-state index is 0.0433. The molecule has 3 rings (SSSR count). The fourth-order valence-electron chi connectivity index (χ4n) is 5.13. The SMILES string of the molecule is CC(C)(C)CC(C)(C)c1cc(-n2nc3ccccc3n2)cc(C(C)(C)C(O)C(C)(C)C)c1. The first kappa shape index (κ1) is 24.4. The van der Waals surface area contributed by atoms with Gasteiger partial charge in [-0.15, -0.1) is 10.2 Å². The Morgan fingerprint density at radius 1 is 0.781 bits per heavy atom. The van der Waals surface area contributed by atoms with Gasteiger partial charge in [-0.3, -0.25) is 0 Å². The lowest BCUT2D eigenvalue weighted by atomic mass is 9.67. The van der Waals surface area contributed by atoms with Crippen molar-refractivity contribution >= 4 is 11.0 Å². The van der Waals surface area contributed by atoms with Crippen LogP contribution in [0.3, 0.4) is 0 Å². The zero-order valence-electron chi connectivity index (χ0n) is 21.6. The summed E-state index contributed by atoms with van der Waals surface area (Å²) in [5.74, 6) is 0. The Morgan fingerprint density at radius 2 is 1.28 bits per heavy atom. The summed E-state index contributed by atoms with van der Waals surface area (Å²) in [5, 5.41) is 20.8. The molecule has 0 bridgehead atoms. The second-order valence-corrected chi connectivity index (χ2v) is 12.9. The molecule has 4 heteroatoms. The van der Waals surface area contributed by atoms with Gasteiger partial charge in [0.15, 0.2) is 0 Å². The first-order valence-electron chi connectivity index (χ1n) is 11.7. The van der Waals surface area contributed by atoms with Crippen LogP contribution < -0.4 is 0 Å². The van der Waals surface area contributed by atoms with Crippen molar-refractivity contribution in [2.24, 2.45) is 10.8 Å². The Kier molecular flexibility index (Phi) is 6.10. The minimum atomic E-state index is -0.506. The van der Waals surface area contributed by atoms with Gasteiger partial charge in [-0.1, -0.05) is 87.4 Å². The van der Waals surface area contributed by atoms with E-state index in [0.717, 1.165) is 28.7 Å². The molecule has 0 aliphatic rings. The highest BCUT2D eigenvalue weighted by Gasteiger charge is 2.39. The van der Waals surface area contributed by atoms with Crippen LogP contribution in [0.2, 0.25) is 0 Å². The third-order valence-corrected chi connectivity index (χ3v) is 6.44. The molecule has 0 aliphatic carbocycles. The molecule has 1 unspecified atom stereocenters. The summed E-state index contributed by atoms with van der Waals surface area (Å²) in [7, 11) is 0. The number of benzene rings is 2. The lowest BCUT2D eigenvalue weighted by molar-refractivity contribution is 0.00538. The molecule has 0 saturated carbocycles. The van der Waals surface area contributed by atoms with Gasteiger partial charge in [0, 0.05) is 5.41 Å². The van der Waals surface area contributed by atoms with Crippen molar-refractivity contribution in [2.75, 3.05) is 0 Å². The van der Waals surface area contributed by atoms with Gasteiger partial charge in [-0.25, -0.2) is 0 Å². The number of aromatic nitrogens is 3. The van der Waals surface area contributed by atoms with Gasteiger partial charge >= 0.3 is 0 Å². The molecule has 0 spiro atoms. The molecule has 32 heavy (non-hydrogen) atoms. The molecular formula is C28H41N3O. The maximum Gasteiger partial charge on any atom is 0.113 e. The van der Waals surface area contributed by atoms with E-state index in [1.807, 2.05) is 24.3 Å². The van der Waals surface area contributed by atoms with E-state index in [2.05, 4.69) is 87.4 Å². The third-order valence-electron chi connectivity index (χ3n) is 6.44. The Balaban J connectivity index is 2.22. The monoisotopic (exact) mass is 435 g/mol. The highest BCUT2D eigenvalue weighted by atomic mass is 16.3. The van der Waals surface area contributed by atoms with Gasteiger partial charge in [-0.2, -0.15) is 4.80 Å². The van der Waals surface area contributed by atoms with Gasteiger partial charge < -0.3 is 5.11 Å². The molecule has 174 valence electrons. The average Bonchev–Trinajstić information content (AvgIpc) is 3.08. The second kappa shape index (κ2) is 7.98. The van der Waals surface area contributed by atoms with Gasteiger partial charge in [0.05, 0.1) is 11.8 Å². The summed E-state index contributed by atoms with van der Waals surface area (Å²) >= 11 is 0. The molecule has 0 saturated heterocycles. The molecule has 0 amide bonds. The van der Waals surface area contributed by atoms with Crippen LogP contribution in [0.15, 0.2) is 42.5 Å². The largest absolute Gasteiger partial charge is 0.392 e. The molecule has 1 aromatic heterocycles. The number of fused-ring (bicyclic) bond motifs is 1. The first-order valence-corrected chi connectivity index (χ1v) is 11.7. The standard InChI is InChI=1S/C28H41N3O/c1-25(2,3)18-27(7,8)19-15-20(28(9,10)24(32)26(4,5)6)17-21(16-19)31-29-22-13-11-12-14-23(22)30-31/h11-17,24,32H,18H2,1-10H3. The summed E-state index contributed by atoms with van der Waals surface area (Å²) in [6.45, 7) is 22.0. The van der Waals surface area contributed by atoms with Gasteiger partial charge in [0.1, 0.15) is 11.0 Å². The molecule has 0 radical (unpaired) electrons. The Bertz CT molecular complexity index is 1060. The zero-order valence-corrected chi connectivity index (χ0v) is 21.6. The topological polar surface area (TPSA) is 50.9 Å². The van der Waals surface area contributed by atoms with Crippen molar-refractivity contribution in [3.63, 3.8) is 0 Å². The predicted molar refractivity (Wildman–Crippen MR) is 134 cm³/mol. The van der Waals surface area contributed by atoms with Gasteiger partial charge in [0.2, 0.25) is 0 Å². The molecule has 0 aliphatic heterocycles. The molecule has 2 aromatic carbocycles. The molecule has 0 fully saturated rings. The Labute approximate surface area is 194 Å². The highest BCUT2D eigenvalue weighted by Crippen LogP contribution is 2.41. The van der Waals surface area contributed by atoms with Gasteiger partial charge in [0.25, 0.3) is 0 Å². The molecule has 3 aromatic rings. The summed E-state index contributed by atoms with van der Waals surface area (Å²) in [6, 6.07) is 14.6. The van der Waals surface area contributed by atoms with Crippen molar-refractivity contribution in [2.45, 2.75) is 92.6 Å². The number of aliphatic hydroxyl groups is 1. The van der Waals surface area contributed by atoms with Crippen molar-refractivity contribution in [1.29, 1.82) is 0 Å². The van der Waals surface area contributed by atoms with E-state index < -0.39 is 11.5 Å². The van der Waals surface area contributed by atoms with E-state index in [0.29, 0.717) is 0 Å². The normalized spacial score (nSPS) is 14.7. The number of rotatable bonds is 5. The molecule has 1 atom stereocenters.